The average molecular weight is 776 g/mol. The normalized spacial score (nSPS) is 13.5. The Balaban J connectivity index is 3.51. The second kappa shape index (κ2) is 36.6. The Morgan fingerprint density at radius 1 is 0.547 bits per heavy atom. The summed E-state index contributed by atoms with van der Waals surface area (Å²) in [4.78, 5) is 35.6. The highest BCUT2D eigenvalue weighted by Crippen LogP contribution is 2.38. The standard InChI is InChI=1S/C43H86NO8P/c1-6-7-8-9-10-11-12-13-14-15-16-17-18-19-20-21-22-23-24-25-26-27-28-29-30-31-32-33-34-35-36-43(46)49-39-42(52-41(2)45)40-51-53(47,48)50-38-37-44(3,4)5/h42H,6-40H2,1-5H3/t42-/m1/s1. The predicted octanol–water partition coefficient (Wildman–Crippen LogP) is 11.8. The van der Waals surface area contributed by atoms with Gasteiger partial charge in [-0.15, -0.1) is 0 Å². The Kier molecular flexibility index (Phi) is 36.0. The number of likely N-dealkylation sites (N-methyl/N-ethyl adjacent to an activating group) is 1. The van der Waals surface area contributed by atoms with Crippen molar-refractivity contribution in [1.82, 2.24) is 0 Å². The van der Waals surface area contributed by atoms with Crippen LogP contribution in [0.1, 0.15) is 213 Å². The molecule has 0 radical (unpaired) electrons. The molecule has 53 heavy (non-hydrogen) atoms. The molecule has 0 aliphatic rings. The van der Waals surface area contributed by atoms with Gasteiger partial charge in [0, 0.05) is 13.3 Å². The zero-order valence-electron chi connectivity index (χ0n) is 35.5. The van der Waals surface area contributed by atoms with E-state index in [4.69, 9.17) is 18.5 Å². The fourth-order valence-corrected chi connectivity index (χ4v) is 7.27. The summed E-state index contributed by atoms with van der Waals surface area (Å²) in [6.07, 6.45) is 39.9. The maximum atomic E-state index is 12.2. The van der Waals surface area contributed by atoms with Crippen LogP contribution in [-0.2, 0) is 32.7 Å². The summed E-state index contributed by atoms with van der Waals surface area (Å²) in [5.41, 5.74) is 0. The zero-order valence-corrected chi connectivity index (χ0v) is 36.4. The van der Waals surface area contributed by atoms with Gasteiger partial charge in [-0.2, -0.15) is 0 Å². The van der Waals surface area contributed by atoms with Crippen molar-refractivity contribution in [2.45, 2.75) is 219 Å². The summed E-state index contributed by atoms with van der Waals surface area (Å²) in [5, 5.41) is 0. The predicted molar refractivity (Wildman–Crippen MR) is 218 cm³/mol. The number of unbranched alkanes of at least 4 members (excludes halogenated alkanes) is 29. The second-order valence-corrected chi connectivity index (χ2v) is 17.9. The molecular weight excluding hydrogens is 689 g/mol. The first-order valence-electron chi connectivity index (χ1n) is 22.2. The second-order valence-electron chi connectivity index (χ2n) is 16.5. The monoisotopic (exact) mass is 776 g/mol. The molecule has 0 fully saturated rings. The van der Waals surface area contributed by atoms with Crippen molar-refractivity contribution in [1.29, 1.82) is 0 Å². The number of carbonyl (C=O) groups excluding carboxylic acids is 2. The van der Waals surface area contributed by atoms with Crippen LogP contribution >= 0.6 is 7.82 Å². The molecule has 0 aromatic rings. The molecule has 0 rings (SSSR count). The van der Waals surface area contributed by atoms with Crippen LogP contribution in [0.3, 0.4) is 0 Å². The van der Waals surface area contributed by atoms with E-state index in [2.05, 4.69) is 6.92 Å². The topological polar surface area (TPSA) is 111 Å². The van der Waals surface area contributed by atoms with E-state index in [1.165, 1.54) is 180 Å². The third-order valence-corrected chi connectivity index (χ3v) is 10.9. The third kappa shape index (κ3) is 42.0. The van der Waals surface area contributed by atoms with Gasteiger partial charge in [0.1, 0.15) is 19.8 Å². The number of esters is 2. The SMILES string of the molecule is CCCCCCCCCCCCCCCCCCCCCCCCCCCCCCCCC(=O)OC[C@H](COP(=O)([O-])OCC[N+](C)(C)C)OC(C)=O. The minimum Gasteiger partial charge on any atom is -0.756 e. The Morgan fingerprint density at radius 2 is 0.887 bits per heavy atom. The van der Waals surface area contributed by atoms with Crippen LogP contribution in [0.4, 0.5) is 0 Å². The van der Waals surface area contributed by atoms with Crippen LogP contribution in [0.2, 0.25) is 0 Å². The Labute approximate surface area is 327 Å². The van der Waals surface area contributed by atoms with E-state index in [1.807, 2.05) is 21.1 Å². The van der Waals surface area contributed by atoms with E-state index >= 15 is 0 Å². The molecule has 0 spiro atoms. The van der Waals surface area contributed by atoms with Crippen molar-refractivity contribution in [3.05, 3.63) is 0 Å². The highest BCUT2D eigenvalue weighted by atomic mass is 31.2. The van der Waals surface area contributed by atoms with Gasteiger partial charge in [-0.05, 0) is 6.42 Å². The summed E-state index contributed by atoms with van der Waals surface area (Å²) in [6, 6.07) is 0. The fraction of sp³-hybridized carbons (Fsp3) is 0.953. The van der Waals surface area contributed by atoms with Crippen molar-refractivity contribution in [2.75, 3.05) is 47.5 Å². The fourth-order valence-electron chi connectivity index (χ4n) is 6.54. The molecule has 0 aromatic carbocycles. The van der Waals surface area contributed by atoms with Crippen LogP contribution in [0.25, 0.3) is 0 Å². The number of phosphoric acid groups is 1. The maximum absolute atomic E-state index is 12.2. The molecule has 0 bridgehead atoms. The summed E-state index contributed by atoms with van der Waals surface area (Å²) < 4.78 is 32.6. The van der Waals surface area contributed by atoms with Crippen molar-refractivity contribution >= 4 is 19.8 Å². The van der Waals surface area contributed by atoms with Gasteiger partial charge in [-0.1, -0.05) is 193 Å². The quantitative estimate of drug-likeness (QED) is 0.0261. The van der Waals surface area contributed by atoms with Crippen LogP contribution in [0, 0.1) is 0 Å². The molecule has 0 N–H and O–H groups in total. The van der Waals surface area contributed by atoms with Crippen molar-refractivity contribution in [3.63, 3.8) is 0 Å². The molecular formula is C43H86NO8P. The molecule has 10 heteroatoms. The van der Waals surface area contributed by atoms with Crippen LogP contribution in [-0.4, -0.2) is 70.0 Å². The van der Waals surface area contributed by atoms with Gasteiger partial charge in [-0.3, -0.25) is 14.2 Å². The molecule has 0 heterocycles. The van der Waals surface area contributed by atoms with Crippen LogP contribution in [0.15, 0.2) is 0 Å². The number of hydrogen-bond acceptors (Lipinski definition) is 8. The smallest absolute Gasteiger partial charge is 0.305 e. The van der Waals surface area contributed by atoms with Gasteiger partial charge in [0.05, 0.1) is 27.7 Å². The lowest BCUT2D eigenvalue weighted by molar-refractivity contribution is -0.870. The first kappa shape index (κ1) is 52.0. The van der Waals surface area contributed by atoms with E-state index in [0.717, 1.165) is 19.3 Å². The summed E-state index contributed by atoms with van der Waals surface area (Å²) in [7, 11) is 1.17. The summed E-state index contributed by atoms with van der Waals surface area (Å²) in [6.45, 7) is 3.19. The minimum absolute atomic E-state index is 0.0306. The van der Waals surface area contributed by atoms with Gasteiger partial charge in [0.2, 0.25) is 0 Å². The number of rotatable bonds is 41. The van der Waals surface area contributed by atoms with Crippen LogP contribution < -0.4 is 4.89 Å². The van der Waals surface area contributed by atoms with E-state index in [0.29, 0.717) is 11.0 Å². The molecule has 316 valence electrons. The van der Waals surface area contributed by atoms with E-state index in [-0.39, 0.29) is 19.6 Å². The zero-order chi connectivity index (χ0) is 39.3. The number of ether oxygens (including phenoxy) is 2. The van der Waals surface area contributed by atoms with Gasteiger partial charge >= 0.3 is 11.9 Å². The van der Waals surface area contributed by atoms with Gasteiger partial charge in [0.15, 0.2) is 6.10 Å². The number of nitrogens with zero attached hydrogens (tertiary/aromatic N) is 1. The third-order valence-electron chi connectivity index (χ3n) is 9.93. The molecule has 0 aliphatic carbocycles. The molecule has 9 nitrogen and oxygen atoms in total. The van der Waals surface area contributed by atoms with Gasteiger partial charge < -0.3 is 27.9 Å². The number of hydrogen-bond donors (Lipinski definition) is 0. The minimum atomic E-state index is -4.57. The Morgan fingerprint density at radius 3 is 1.21 bits per heavy atom. The lowest BCUT2D eigenvalue weighted by Gasteiger charge is -2.28. The molecule has 0 saturated heterocycles. The summed E-state index contributed by atoms with van der Waals surface area (Å²) in [5.74, 6) is -1.01. The molecule has 0 amide bonds. The lowest BCUT2D eigenvalue weighted by atomic mass is 10.0. The lowest BCUT2D eigenvalue weighted by Crippen LogP contribution is -2.37. The van der Waals surface area contributed by atoms with E-state index in [1.54, 1.807) is 0 Å². The molecule has 0 aliphatic heterocycles. The first-order valence-corrected chi connectivity index (χ1v) is 23.6. The number of phosphoric ester groups is 1. The van der Waals surface area contributed by atoms with Crippen molar-refractivity contribution in [2.24, 2.45) is 0 Å². The Bertz CT molecular complexity index is 881. The number of quaternary nitrogens is 1. The van der Waals surface area contributed by atoms with Crippen LogP contribution in [0.5, 0.6) is 0 Å². The van der Waals surface area contributed by atoms with E-state index in [9.17, 15) is 19.0 Å². The molecule has 0 saturated carbocycles. The molecule has 0 aromatic heterocycles. The van der Waals surface area contributed by atoms with Crippen molar-refractivity contribution < 1.29 is 42.1 Å². The first-order chi connectivity index (χ1) is 25.4. The largest absolute Gasteiger partial charge is 0.756 e. The van der Waals surface area contributed by atoms with E-state index < -0.39 is 32.5 Å². The maximum Gasteiger partial charge on any atom is 0.305 e. The number of carbonyl (C=O) groups is 2. The van der Waals surface area contributed by atoms with Gasteiger partial charge in [-0.25, -0.2) is 0 Å². The highest BCUT2D eigenvalue weighted by Gasteiger charge is 2.20. The Hall–Kier alpha value is -0.990. The molecule has 2 atom stereocenters. The van der Waals surface area contributed by atoms with Gasteiger partial charge in [0.25, 0.3) is 7.82 Å². The van der Waals surface area contributed by atoms with Crippen molar-refractivity contribution in [3.8, 4) is 0 Å². The molecule has 1 unspecified atom stereocenters. The summed E-state index contributed by atoms with van der Waals surface area (Å²) >= 11 is 0. The highest BCUT2D eigenvalue weighted by molar-refractivity contribution is 7.45. The average Bonchev–Trinajstić information content (AvgIpc) is 3.09.